The molecule has 2 N–H and O–H groups in total. The SMILES string of the molecule is CC(=O)NCCc1ccc(C(=O)CN2C(=O)NC(C)(c3ccccc3C)C2=O)s1. The molecule has 0 aliphatic carbocycles. The number of nitrogens with one attached hydrogen (secondary N) is 2. The number of rotatable bonds is 7. The maximum absolute atomic E-state index is 13.0. The van der Waals surface area contributed by atoms with Crippen molar-refractivity contribution in [2.75, 3.05) is 13.1 Å². The van der Waals surface area contributed by atoms with E-state index in [-0.39, 0.29) is 18.2 Å². The van der Waals surface area contributed by atoms with Gasteiger partial charge < -0.3 is 10.6 Å². The van der Waals surface area contributed by atoms with Crippen LogP contribution in [0.15, 0.2) is 36.4 Å². The lowest BCUT2D eigenvalue weighted by molar-refractivity contribution is -0.130. The van der Waals surface area contributed by atoms with Crippen molar-refractivity contribution < 1.29 is 19.2 Å². The number of carbonyl (C=O) groups is 4. The van der Waals surface area contributed by atoms with E-state index in [9.17, 15) is 19.2 Å². The van der Waals surface area contributed by atoms with Crippen molar-refractivity contribution >= 4 is 35.0 Å². The summed E-state index contributed by atoms with van der Waals surface area (Å²) < 4.78 is 0. The van der Waals surface area contributed by atoms with Crippen LogP contribution in [-0.4, -0.2) is 41.6 Å². The summed E-state index contributed by atoms with van der Waals surface area (Å²) in [5.74, 6) is -0.834. The first-order valence-corrected chi connectivity index (χ1v) is 10.1. The topological polar surface area (TPSA) is 95.6 Å². The molecule has 1 aromatic carbocycles. The highest BCUT2D eigenvalue weighted by Crippen LogP contribution is 2.31. The highest BCUT2D eigenvalue weighted by molar-refractivity contribution is 7.14. The number of nitrogens with zero attached hydrogens (tertiary/aromatic N) is 1. The lowest BCUT2D eigenvalue weighted by Gasteiger charge is -2.24. The Hall–Kier alpha value is -3.00. The van der Waals surface area contributed by atoms with E-state index in [1.807, 2.05) is 31.2 Å². The van der Waals surface area contributed by atoms with Crippen molar-refractivity contribution in [2.24, 2.45) is 0 Å². The first-order chi connectivity index (χ1) is 13.7. The number of thiophene rings is 1. The molecule has 1 aliphatic heterocycles. The van der Waals surface area contributed by atoms with Crippen LogP contribution in [0.25, 0.3) is 0 Å². The minimum atomic E-state index is -1.19. The van der Waals surface area contributed by atoms with Crippen molar-refractivity contribution in [1.29, 1.82) is 0 Å². The fourth-order valence-electron chi connectivity index (χ4n) is 3.40. The average molecular weight is 413 g/mol. The van der Waals surface area contributed by atoms with Crippen LogP contribution in [0, 0.1) is 6.92 Å². The Morgan fingerprint density at radius 3 is 2.59 bits per heavy atom. The van der Waals surface area contributed by atoms with Crippen LogP contribution in [0.4, 0.5) is 4.79 Å². The molecular formula is C21H23N3O4S. The Morgan fingerprint density at radius 2 is 1.90 bits per heavy atom. The zero-order valence-corrected chi connectivity index (χ0v) is 17.4. The van der Waals surface area contributed by atoms with Gasteiger partial charge in [0.2, 0.25) is 5.91 Å². The molecular weight excluding hydrogens is 390 g/mol. The maximum Gasteiger partial charge on any atom is 0.325 e. The minimum absolute atomic E-state index is 0.104. The summed E-state index contributed by atoms with van der Waals surface area (Å²) in [6.07, 6.45) is 0.617. The molecule has 3 rings (SSSR count). The standard InChI is InChI=1S/C21H23N3O4S/c1-13-6-4-5-7-16(13)21(3)19(27)24(20(28)23-21)12-17(26)18-9-8-15(29-18)10-11-22-14(2)25/h4-9H,10-12H2,1-3H3,(H,22,25)(H,23,28). The smallest absolute Gasteiger partial charge is 0.325 e. The van der Waals surface area contributed by atoms with Gasteiger partial charge in [-0.3, -0.25) is 19.3 Å². The van der Waals surface area contributed by atoms with Crippen LogP contribution < -0.4 is 10.6 Å². The van der Waals surface area contributed by atoms with Crippen molar-refractivity contribution in [3.63, 3.8) is 0 Å². The normalized spacial score (nSPS) is 18.7. The molecule has 2 aromatic rings. The molecule has 152 valence electrons. The summed E-state index contributed by atoms with van der Waals surface area (Å²) in [7, 11) is 0. The second-order valence-electron chi connectivity index (χ2n) is 7.18. The number of hydrogen-bond donors (Lipinski definition) is 2. The van der Waals surface area contributed by atoms with Crippen molar-refractivity contribution in [1.82, 2.24) is 15.5 Å². The number of carbonyl (C=O) groups excluding carboxylic acids is 4. The first-order valence-electron chi connectivity index (χ1n) is 9.29. The van der Waals surface area contributed by atoms with Gasteiger partial charge >= 0.3 is 6.03 Å². The second-order valence-corrected chi connectivity index (χ2v) is 8.35. The Kier molecular flexibility index (Phi) is 5.83. The van der Waals surface area contributed by atoms with Gasteiger partial charge in [0.05, 0.1) is 11.4 Å². The number of urea groups is 1. The van der Waals surface area contributed by atoms with E-state index in [0.717, 1.165) is 15.3 Å². The third kappa shape index (κ3) is 4.22. The zero-order valence-electron chi connectivity index (χ0n) is 16.6. The summed E-state index contributed by atoms with van der Waals surface area (Å²) in [6, 6.07) is 10.3. The first kappa shape index (κ1) is 20.7. The minimum Gasteiger partial charge on any atom is -0.356 e. The van der Waals surface area contributed by atoms with Gasteiger partial charge in [0.25, 0.3) is 5.91 Å². The molecule has 1 unspecified atom stereocenters. The van der Waals surface area contributed by atoms with E-state index >= 15 is 0 Å². The number of Topliss-reactive ketones (excluding diaryl/α,β-unsaturated/α-hetero) is 1. The third-order valence-corrected chi connectivity index (χ3v) is 6.13. The predicted octanol–water partition coefficient (Wildman–Crippen LogP) is 2.39. The fourth-order valence-corrected chi connectivity index (χ4v) is 4.34. The molecule has 29 heavy (non-hydrogen) atoms. The Labute approximate surface area is 173 Å². The highest BCUT2D eigenvalue weighted by Gasteiger charge is 2.50. The average Bonchev–Trinajstić information content (AvgIpc) is 3.21. The third-order valence-electron chi connectivity index (χ3n) is 4.94. The van der Waals surface area contributed by atoms with Crippen LogP contribution in [0.5, 0.6) is 0 Å². The van der Waals surface area contributed by atoms with Gasteiger partial charge in [-0.25, -0.2) is 4.79 Å². The van der Waals surface area contributed by atoms with Crippen molar-refractivity contribution in [2.45, 2.75) is 32.7 Å². The Bertz CT molecular complexity index is 984. The Balaban J connectivity index is 1.70. The monoisotopic (exact) mass is 413 g/mol. The number of amides is 4. The molecule has 4 amide bonds. The lowest BCUT2D eigenvalue weighted by atomic mass is 9.88. The summed E-state index contributed by atoms with van der Waals surface area (Å²) in [6.45, 7) is 5.17. The maximum atomic E-state index is 13.0. The summed E-state index contributed by atoms with van der Waals surface area (Å²) in [5.41, 5.74) is 0.408. The van der Waals surface area contributed by atoms with Crippen LogP contribution in [0.3, 0.4) is 0 Å². The van der Waals surface area contributed by atoms with E-state index < -0.39 is 17.5 Å². The van der Waals surface area contributed by atoms with Gasteiger partial charge in [-0.1, -0.05) is 24.3 Å². The summed E-state index contributed by atoms with van der Waals surface area (Å²) in [4.78, 5) is 51.5. The molecule has 1 aromatic heterocycles. The molecule has 1 atom stereocenters. The number of ketones is 1. The molecule has 2 heterocycles. The van der Waals surface area contributed by atoms with Gasteiger partial charge in [0.1, 0.15) is 5.54 Å². The molecule has 0 radical (unpaired) electrons. The summed E-state index contributed by atoms with van der Waals surface area (Å²) in [5, 5.41) is 5.45. The van der Waals surface area contributed by atoms with Gasteiger partial charge in [0.15, 0.2) is 5.78 Å². The quantitative estimate of drug-likeness (QED) is 0.538. The van der Waals surface area contributed by atoms with E-state index in [2.05, 4.69) is 10.6 Å². The molecule has 0 bridgehead atoms. The van der Waals surface area contributed by atoms with E-state index in [1.54, 1.807) is 19.1 Å². The summed E-state index contributed by atoms with van der Waals surface area (Å²) >= 11 is 1.31. The molecule has 7 nitrogen and oxygen atoms in total. The molecule has 0 saturated carbocycles. The fraction of sp³-hybridized carbons (Fsp3) is 0.333. The van der Waals surface area contributed by atoms with E-state index in [1.165, 1.54) is 18.3 Å². The molecule has 0 spiro atoms. The van der Waals surface area contributed by atoms with Crippen LogP contribution >= 0.6 is 11.3 Å². The zero-order chi connectivity index (χ0) is 21.2. The van der Waals surface area contributed by atoms with Gasteiger partial charge in [-0.2, -0.15) is 0 Å². The molecule has 1 saturated heterocycles. The number of hydrogen-bond acceptors (Lipinski definition) is 5. The van der Waals surface area contributed by atoms with E-state index in [4.69, 9.17) is 0 Å². The van der Waals surface area contributed by atoms with Crippen LogP contribution in [-0.2, 0) is 21.5 Å². The number of aryl methyl sites for hydroxylation is 1. The lowest BCUT2D eigenvalue weighted by Crippen LogP contribution is -2.42. The molecule has 8 heteroatoms. The molecule has 1 fully saturated rings. The van der Waals surface area contributed by atoms with Gasteiger partial charge in [-0.05, 0) is 43.5 Å². The van der Waals surface area contributed by atoms with Crippen molar-refractivity contribution in [3.05, 3.63) is 57.3 Å². The van der Waals surface area contributed by atoms with Crippen LogP contribution in [0.2, 0.25) is 0 Å². The Morgan fingerprint density at radius 1 is 1.17 bits per heavy atom. The largest absolute Gasteiger partial charge is 0.356 e. The van der Waals surface area contributed by atoms with E-state index in [0.29, 0.717) is 23.4 Å². The number of imide groups is 1. The predicted molar refractivity (Wildman–Crippen MR) is 110 cm³/mol. The van der Waals surface area contributed by atoms with Gasteiger partial charge in [-0.15, -0.1) is 11.3 Å². The molecule has 1 aliphatic rings. The number of benzene rings is 1. The van der Waals surface area contributed by atoms with Crippen molar-refractivity contribution in [3.8, 4) is 0 Å². The second kappa shape index (κ2) is 8.16. The van der Waals surface area contributed by atoms with Crippen LogP contribution in [0.1, 0.15) is 39.5 Å². The highest BCUT2D eigenvalue weighted by atomic mass is 32.1. The van der Waals surface area contributed by atoms with Gasteiger partial charge in [0, 0.05) is 18.3 Å².